The zero-order chi connectivity index (χ0) is 63.7. The SMILES string of the molecule is C=C1C[C@H](CCC=O)OC1CC[C@H]1C[C@@H](C)C(=C)C(C[C@@H]2O[C@H](C[C@@H](CN3C(=O)c4ccccc4C3=O)O[Si](C)(C)C(C)(C)C)[C@H](OC)[C@H]2C(C(=O)C[C@H]2CC[C@@H]3OC([C@@H](C)/C=C/I)[C@@H](O[Si](C)(C)C(C)(C)C)[C@@H](C)[C@H]3O2)S(=O)(=O)c2ccccc2)O1. The number of hydrogen-bond donors (Lipinski definition) is 0. The number of carbonyl (C=O) groups is 4. The largest absolute Gasteiger partial charge is 0.412 e. The van der Waals surface area contributed by atoms with Crippen molar-refractivity contribution in [2.75, 3.05) is 13.7 Å². The molecular formula is C68H100INO14SSi2. The Labute approximate surface area is 535 Å². The maximum Gasteiger partial charge on any atom is 0.261 e. The zero-order valence-electron chi connectivity index (χ0n) is 54.2. The van der Waals surface area contributed by atoms with Gasteiger partial charge in [-0.25, -0.2) is 8.42 Å². The number of aldehydes is 1. The number of sulfone groups is 1. The van der Waals surface area contributed by atoms with Gasteiger partial charge in [0.1, 0.15) is 11.5 Å². The molecule has 2 amide bonds. The van der Waals surface area contributed by atoms with Crippen LogP contribution in [0.5, 0.6) is 0 Å². The van der Waals surface area contributed by atoms with Crippen LogP contribution in [0.2, 0.25) is 36.3 Å². The number of ether oxygens (including phenoxy) is 6. The van der Waals surface area contributed by atoms with Crippen molar-refractivity contribution in [3.8, 4) is 0 Å². The first-order valence-electron chi connectivity index (χ1n) is 31.8. The van der Waals surface area contributed by atoms with Crippen molar-refractivity contribution in [1.29, 1.82) is 0 Å². The fourth-order valence-corrected chi connectivity index (χ4v) is 19.1. The highest BCUT2D eigenvalue weighted by molar-refractivity contribution is 14.1. The third kappa shape index (κ3) is 15.5. The Morgan fingerprint density at radius 1 is 0.805 bits per heavy atom. The summed E-state index contributed by atoms with van der Waals surface area (Å²) in [6.45, 7) is 37.1. The quantitative estimate of drug-likeness (QED) is 0.0301. The van der Waals surface area contributed by atoms with Gasteiger partial charge in [-0.15, -0.1) is 0 Å². The number of Topliss-reactive ketones (excluding diaryl/α,β-unsaturated/α-hetero) is 1. The van der Waals surface area contributed by atoms with Crippen LogP contribution in [0.25, 0.3) is 0 Å². The van der Waals surface area contributed by atoms with Crippen LogP contribution in [0.1, 0.15) is 154 Å². The van der Waals surface area contributed by atoms with E-state index in [2.05, 4.69) is 130 Å². The highest BCUT2D eigenvalue weighted by Crippen LogP contribution is 2.48. The van der Waals surface area contributed by atoms with E-state index < -0.39 is 98.0 Å². The second-order valence-electron chi connectivity index (χ2n) is 28.9. The predicted molar refractivity (Wildman–Crippen MR) is 352 cm³/mol. The van der Waals surface area contributed by atoms with Crippen molar-refractivity contribution in [3.05, 3.63) is 100 Å². The average molecular weight is 1370 g/mol. The first-order chi connectivity index (χ1) is 40.8. The van der Waals surface area contributed by atoms with Gasteiger partial charge in [-0.1, -0.05) is 134 Å². The molecule has 87 heavy (non-hydrogen) atoms. The molecule has 482 valence electrons. The minimum absolute atomic E-state index is 0.00782. The molecule has 0 aliphatic carbocycles. The van der Waals surface area contributed by atoms with E-state index in [1.165, 1.54) is 24.1 Å². The van der Waals surface area contributed by atoms with Gasteiger partial charge in [0.2, 0.25) is 0 Å². The van der Waals surface area contributed by atoms with Crippen molar-refractivity contribution in [3.63, 3.8) is 0 Å². The van der Waals surface area contributed by atoms with Crippen molar-refractivity contribution in [2.45, 2.75) is 259 Å². The fourth-order valence-electron chi connectivity index (χ4n) is 13.7. The Balaban J connectivity index is 1.15. The molecule has 6 aliphatic heterocycles. The monoisotopic (exact) mass is 1370 g/mol. The van der Waals surface area contributed by atoms with Crippen molar-refractivity contribution in [2.24, 2.45) is 23.7 Å². The molecule has 0 saturated carbocycles. The maximum atomic E-state index is 16.0. The lowest BCUT2D eigenvalue weighted by atomic mass is 9.79. The van der Waals surface area contributed by atoms with Crippen LogP contribution in [0, 0.1) is 23.7 Å². The third-order valence-electron chi connectivity index (χ3n) is 20.8. The van der Waals surface area contributed by atoms with Crippen molar-refractivity contribution < 1.29 is 64.9 Å². The molecule has 15 nitrogen and oxygen atoms in total. The number of imide groups is 1. The number of methoxy groups -OCH3 is 1. The fraction of sp³-hybridized carbons (Fsp3) is 0.676. The van der Waals surface area contributed by atoms with Crippen molar-refractivity contribution >= 4 is 72.9 Å². The van der Waals surface area contributed by atoms with E-state index in [4.69, 9.17) is 37.3 Å². The van der Waals surface area contributed by atoms with E-state index in [9.17, 15) is 14.4 Å². The molecule has 8 rings (SSSR count). The lowest BCUT2D eigenvalue weighted by molar-refractivity contribution is -0.246. The van der Waals surface area contributed by atoms with Gasteiger partial charge in [-0.05, 0) is 127 Å². The smallest absolute Gasteiger partial charge is 0.261 e. The summed E-state index contributed by atoms with van der Waals surface area (Å²) >= 11 is 2.25. The van der Waals surface area contributed by atoms with E-state index in [0.717, 1.165) is 17.4 Å². The molecule has 0 radical (unpaired) electrons. The van der Waals surface area contributed by atoms with Crippen molar-refractivity contribution in [1.82, 2.24) is 4.90 Å². The number of rotatable bonds is 25. The molecule has 6 heterocycles. The van der Waals surface area contributed by atoms with E-state index in [1.54, 1.807) is 42.5 Å². The molecule has 0 bridgehead atoms. The lowest BCUT2D eigenvalue weighted by Crippen LogP contribution is -2.62. The minimum atomic E-state index is -4.52. The number of fused-ring (bicyclic) bond motifs is 2. The van der Waals surface area contributed by atoms with Gasteiger partial charge in [-0.3, -0.25) is 19.3 Å². The van der Waals surface area contributed by atoms with Crippen LogP contribution < -0.4 is 0 Å². The zero-order valence-corrected chi connectivity index (χ0v) is 59.1. The molecule has 19 heteroatoms. The molecule has 0 spiro atoms. The van der Waals surface area contributed by atoms with Crippen LogP contribution in [-0.2, 0) is 56.7 Å². The summed E-state index contributed by atoms with van der Waals surface area (Å²) in [7, 11) is -8.01. The highest BCUT2D eigenvalue weighted by Gasteiger charge is 2.58. The predicted octanol–water partition coefficient (Wildman–Crippen LogP) is 13.4. The summed E-state index contributed by atoms with van der Waals surface area (Å²) in [5.74, 6) is -2.49. The molecule has 0 aromatic heterocycles. The summed E-state index contributed by atoms with van der Waals surface area (Å²) < 4.78 is 89.8. The second kappa shape index (κ2) is 28.4. The van der Waals surface area contributed by atoms with Gasteiger partial charge >= 0.3 is 0 Å². The standard InChI is InChI=1S/C68H100INO14SSi2/c1-41(32-33-69)60-62(84-87(15,16)68(9,10)11)45(5)61-55(82-60)31-29-48(80-61)37-53(72)64(85(75,76)50-24-18-17-19-25-50)59-57(39-56-44(4)42(2)35-47(79-56)28-30-54-43(3)36-46(78-54)23-22-34-71)81-58(63(59)77-12)38-49(83-86(13,14)67(6,7)8)40-70-65(73)51-26-20-21-27-52(51)66(70)74/h17-21,24-27,32-34,41-42,45-49,54-64H,3-4,22-23,28-31,35-40H2,1-2,5-16H3/b33-32+/t41-,42+,45-,46-,47-,48+,49-,54?,55-,56?,57-,58+,59-,60?,61+,62-,63-,64?/m0/s1. The molecular weight excluding hydrogens is 1270 g/mol. The Morgan fingerprint density at radius 3 is 2.05 bits per heavy atom. The normalized spacial score (nSPS) is 32.1. The number of ketones is 1. The number of benzene rings is 2. The molecule has 6 aliphatic rings. The Kier molecular flexibility index (Phi) is 22.8. The topological polar surface area (TPSA) is 179 Å². The van der Waals surface area contributed by atoms with Gasteiger partial charge in [0, 0.05) is 50.5 Å². The van der Waals surface area contributed by atoms with E-state index in [0.29, 0.717) is 62.5 Å². The van der Waals surface area contributed by atoms with Crippen LogP contribution in [0.4, 0.5) is 0 Å². The first-order valence-corrected chi connectivity index (χ1v) is 40.4. The summed E-state index contributed by atoms with van der Waals surface area (Å²) in [6.07, 6.45) is 1.52. The maximum absolute atomic E-state index is 16.0. The van der Waals surface area contributed by atoms with E-state index in [1.807, 2.05) is 4.08 Å². The number of carbonyl (C=O) groups excluding carboxylic acids is 4. The minimum Gasteiger partial charge on any atom is -0.412 e. The van der Waals surface area contributed by atoms with Gasteiger partial charge in [0.15, 0.2) is 32.3 Å². The molecule has 2 aromatic rings. The van der Waals surface area contributed by atoms with Gasteiger partial charge in [0.05, 0.1) is 102 Å². The molecule has 2 aromatic carbocycles. The number of halogens is 1. The Morgan fingerprint density at radius 2 is 1.44 bits per heavy atom. The summed E-state index contributed by atoms with van der Waals surface area (Å²) in [5, 5.41) is -2.04. The number of amides is 2. The Bertz CT molecular complexity index is 2890. The van der Waals surface area contributed by atoms with E-state index >= 15 is 13.2 Å². The summed E-state index contributed by atoms with van der Waals surface area (Å²) in [5.41, 5.74) is 2.48. The Hall–Kier alpha value is -3.07. The molecule has 4 unspecified atom stereocenters. The van der Waals surface area contributed by atoms with Crippen LogP contribution in [-0.4, -0.2) is 152 Å². The van der Waals surface area contributed by atoms with Gasteiger partial charge in [-0.2, -0.15) is 0 Å². The van der Waals surface area contributed by atoms with Crippen LogP contribution >= 0.6 is 22.6 Å². The summed E-state index contributed by atoms with van der Waals surface area (Å²) in [6, 6.07) is 14.9. The van der Waals surface area contributed by atoms with Crippen LogP contribution in [0.3, 0.4) is 0 Å². The first kappa shape index (κ1) is 69.8. The molecule has 5 fully saturated rings. The van der Waals surface area contributed by atoms with Gasteiger partial charge in [0.25, 0.3) is 11.8 Å². The highest BCUT2D eigenvalue weighted by atomic mass is 127. The average Bonchev–Trinajstić information content (AvgIpc) is 1.78. The van der Waals surface area contributed by atoms with Crippen LogP contribution in [0.15, 0.2) is 94.0 Å². The summed E-state index contributed by atoms with van der Waals surface area (Å²) in [4.78, 5) is 56.8. The number of hydrogen-bond acceptors (Lipinski definition) is 14. The molecule has 0 N–H and O–H groups in total. The van der Waals surface area contributed by atoms with Gasteiger partial charge < -0.3 is 42.1 Å². The lowest BCUT2D eigenvalue weighted by Gasteiger charge is -2.53. The molecule has 5 saturated heterocycles. The third-order valence-corrected chi connectivity index (χ3v) is 32.4. The van der Waals surface area contributed by atoms with E-state index in [-0.39, 0.29) is 95.2 Å². The molecule has 18 atom stereocenters. The number of nitrogens with zero attached hydrogens (tertiary/aromatic N) is 1. The second-order valence-corrected chi connectivity index (χ2v) is 41.2.